The predicted octanol–water partition coefficient (Wildman–Crippen LogP) is 5.27. The van der Waals surface area contributed by atoms with Crippen LogP contribution in [-0.2, 0) is 16.2 Å². The van der Waals surface area contributed by atoms with Crippen molar-refractivity contribution in [1.82, 2.24) is 4.31 Å². The molecule has 3 aromatic carbocycles. The summed E-state index contributed by atoms with van der Waals surface area (Å²) in [5.74, 6) is -1.69. The molecule has 4 rings (SSSR count). The van der Waals surface area contributed by atoms with Gasteiger partial charge in [0.05, 0.1) is 34.5 Å². The van der Waals surface area contributed by atoms with Crippen LogP contribution in [-0.4, -0.2) is 51.9 Å². The SMILES string of the molecule is COc1ccccc1N1CCN(S(=O)(=O)c2ccc(F)c(C(=O)Nc3ccc(Cl)cc3C(F)(F)F)c2)CC1. The van der Waals surface area contributed by atoms with Crippen LogP contribution in [0, 0.1) is 5.82 Å². The van der Waals surface area contributed by atoms with E-state index in [1.54, 1.807) is 13.2 Å². The Morgan fingerprint density at radius 2 is 1.68 bits per heavy atom. The minimum atomic E-state index is -4.84. The number of carbonyl (C=O) groups is 1. The number of amides is 1. The molecule has 0 aliphatic carbocycles. The van der Waals surface area contributed by atoms with E-state index in [0.29, 0.717) is 24.9 Å². The second-order valence-electron chi connectivity index (χ2n) is 8.35. The molecule has 0 spiro atoms. The Morgan fingerprint density at radius 1 is 1.00 bits per heavy atom. The van der Waals surface area contributed by atoms with Gasteiger partial charge in [0.2, 0.25) is 10.0 Å². The van der Waals surface area contributed by atoms with Crippen LogP contribution >= 0.6 is 11.6 Å². The van der Waals surface area contributed by atoms with Crippen molar-refractivity contribution in [3.05, 3.63) is 82.6 Å². The third-order valence-electron chi connectivity index (χ3n) is 6.02. The monoisotopic (exact) mass is 571 g/mol. The average molecular weight is 572 g/mol. The summed E-state index contributed by atoms with van der Waals surface area (Å²) in [4.78, 5) is 14.3. The van der Waals surface area contributed by atoms with Crippen molar-refractivity contribution >= 4 is 38.9 Å². The molecule has 1 aliphatic rings. The second-order valence-corrected chi connectivity index (χ2v) is 10.7. The zero-order chi connectivity index (χ0) is 27.7. The number of sulfonamides is 1. The fraction of sp³-hybridized carbons (Fsp3) is 0.240. The molecule has 0 aromatic heterocycles. The fourth-order valence-corrected chi connectivity index (χ4v) is 5.72. The van der Waals surface area contributed by atoms with Crippen LogP contribution in [0.5, 0.6) is 5.75 Å². The maximum Gasteiger partial charge on any atom is 0.418 e. The number of halogens is 5. The summed E-state index contributed by atoms with van der Waals surface area (Å²) in [7, 11) is -2.59. The van der Waals surface area contributed by atoms with E-state index in [0.717, 1.165) is 36.0 Å². The number of piperazine rings is 1. The summed E-state index contributed by atoms with van der Waals surface area (Å²) in [6.07, 6.45) is -4.84. The minimum absolute atomic E-state index is 0.110. The Kier molecular flexibility index (Phi) is 7.86. The number of hydrogen-bond donors (Lipinski definition) is 1. The Bertz CT molecular complexity index is 1460. The number of nitrogens with one attached hydrogen (secondary N) is 1. The van der Waals surface area contributed by atoms with E-state index < -0.39 is 44.7 Å². The van der Waals surface area contributed by atoms with Gasteiger partial charge < -0.3 is 15.0 Å². The molecule has 0 saturated carbocycles. The summed E-state index contributed by atoms with van der Waals surface area (Å²) in [5.41, 5.74) is -1.78. The van der Waals surface area contributed by atoms with Crippen LogP contribution in [0.2, 0.25) is 5.02 Å². The van der Waals surface area contributed by atoms with E-state index in [1.807, 2.05) is 28.4 Å². The second kappa shape index (κ2) is 10.8. The first-order chi connectivity index (χ1) is 17.9. The summed E-state index contributed by atoms with van der Waals surface area (Å²) >= 11 is 5.65. The molecule has 202 valence electrons. The maximum atomic E-state index is 14.5. The van der Waals surface area contributed by atoms with E-state index in [4.69, 9.17) is 16.3 Å². The summed E-state index contributed by atoms with van der Waals surface area (Å²) in [5, 5.41) is 1.80. The molecule has 1 N–H and O–H groups in total. The third-order valence-corrected chi connectivity index (χ3v) is 8.15. The van der Waals surface area contributed by atoms with Gasteiger partial charge in [0.15, 0.2) is 0 Å². The Balaban J connectivity index is 1.54. The van der Waals surface area contributed by atoms with Crippen molar-refractivity contribution in [2.45, 2.75) is 11.1 Å². The standard InChI is InChI=1S/C25H22ClF4N3O4S/c1-37-23-5-3-2-4-22(23)32-10-12-33(13-11-32)38(35,36)17-7-8-20(27)18(15-17)24(34)31-21-9-6-16(26)14-19(21)25(28,29)30/h2-9,14-15H,10-13H2,1H3,(H,31,34). The smallest absolute Gasteiger partial charge is 0.418 e. The van der Waals surface area contributed by atoms with Crippen molar-refractivity contribution in [3.8, 4) is 5.75 Å². The Labute approximate surface area is 221 Å². The first kappa shape index (κ1) is 27.7. The number of methoxy groups -OCH3 is 1. The molecule has 1 fully saturated rings. The number of rotatable bonds is 6. The number of nitrogens with zero attached hydrogens (tertiary/aromatic N) is 2. The molecule has 1 amide bonds. The van der Waals surface area contributed by atoms with Gasteiger partial charge in [0.25, 0.3) is 5.91 Å². The van der Waals surface area contributed by atoms with Gasteiger partial charge in [-0.15, -0.1) is 0 Å². The molecule has 0 unspecified atom stereocenters. The van der Waals surface area contributed by atoms with Gasteiger partial charge in [-0.05, 0) is 48.5 Å². The summed E-state index contributed by atoms with van der Waals surface area (Å²) in [6.45, 7) is 0.924. The number of alkyl halides is 3. The van der Waals surface area contributed by atoms with Gasteiger partial charge in [-0.1, -0.05) is 23.7 Å². The predicted molar refractivity (Wildman–Crippen MR) is 135 cm³/mol. The molecular formula is C25H22ClF4N3O4S. The highest BCUT2D eigenvalue weighted by atomic mass is 35.5. The Hall–Kier alpha value is -3.35. The van der Waals surface area contributed by atoms with Crippen molar-refractivity contribution in [2.75, 3.05) is 43.5 Å². The number of anilines is 2. The quantitative estimate of drug-likeness (QED) is 0.408. The molecule has 0 bridgehead atoms. The highest BCUT2D eigenvalue weighted by molar-refractivity contribution is 7.89. The van der Waals surface area contributed by atoms with Crippen molar-refractivity contribution < 1.29 is 35.5 Å². The summed E-state index contributed by atoms with van der Waals surface area (Å²) < 4.78 is 87.8. The molecule has 0 radical (unpaired) electrons. The van der Waals surface area contributed by atoms with Crippen LogP contribution in [0.1, 0.15) is 15.9 Å². The van der Waals surface area contributed by atoms with E-state index in [-0.39, 0.29) is 23.0 Å². The molecule has 1 aliphatic heterocycles. The fourth-order valence-electron chi connectivity index (χ4n) is 4.10. The number of hydrogen-bond acceptors (Lipinski definition) is 5. The highest BCUT2D eigenvalue weighted by Gasteiger charge is 2.35. The van der Waals surface area contributed by atoms with E-state index in [9.17, 15) is 30.8 Å². The molecule has 1 saturated heterocycles. The zero-order valence-electron chi connectivity index (χ0n) is 19.9. The topological polar surface area (TPSA) is 79.0 Å². The molecule has 3 aromatic rings. The largest absolute Gasteiger partial charge is 0.495 e. The van der Waals surface area contributed by atoms with E-state index >= 15 is 0 Å². The lowest BCUT2D eigenvalue weighted by Crippen LogP contribution is -2.48. The average Bonchev–Trinajstić information content (AvgIpc) is 2.89. The van der Waals surface area contributed by atoms with Crippen LogP contribution in [0.25, 0.3) is 0 Å². The molecule has 13 heteroatoms. The Morgan fingerprint density at radius 3 is 2.34 bits per heavy atom. The van der Waals surface area contributed by atoms with Crippen molar-refractivity contribution in [2.24, 2.45) is 0 Å². The van der Waals surface area contributed by atoms with Gasteiger partial charge in [0, 0.05) is 31.2 Å². The van der Waals surface area contributed by atoms with Gasteiger partial charge in [-0.3, -0.25) is 4.79 Å². The third kappa shape index (κ3) is 5.71. The number of ether oxygens (including phenoxy) is 1. The number of para-hydroxylation sites is 2. The molecular weight excluding hydrogens is 550 g/mol. The first-order valence-electron chi connectivity index (χ1n) is 11.3. The molecule has 0 atom stereocenters. The lowest BCUT2D eigenvalue weighted by atomic mass is 10.1. The minimum Gasteiger partial charge on any atom is -0.495 e. The highest BCUT2D eigenvalue weighted by Crippen LogP contribution is 2.37. The van der Waals surface area contributed by atoms with Gasteiger partial charge in [-0.2, -0.15) is 17.5 Å². The number of carbonyl (C=O) groups excluding carboxylic acids is 1. The lowest BCUT2D eigenvalue weighted by molar-refractivity contribution is -0.136. The first-order valence-corrected chi connectivity index (χ1v) is 13.1. The van der Waals surface area contributed by atoms with E-state index in [2.05, 4.69) is 0 Å². The van der Waals surface area contributed by atoms with Crippen molar-refractivity contribution in [1.29, 1.82) is 0 Å². The molecule has 38 heavy (non-hydrogen) atoms. The normalized spacial score (nSPS) is 14.8. The van der Waals surface area contributed by atoms with Crippen LogP contribution in [0.4, 0.5) is 28.9 Å². The van der Waals surface area contributed by atoms with E-state index in [1.165, 1.54) is 4.31 Å². The maximum absolute atomic E-state index is 14.5. The lowest BCUT2D eigenvalue weighted by Gasteiger charge is -2.36. The zero-order valence-corrected chi connectivity index (χ0v) is 21.5. The summed E-state index contributed by atoms with van der Waals surface area (Å²) in [6, 6.07) is 12.6. The van der Waals surface area contributed by atoms with Crippen LogP contribution in [0.15, 0.2) is 65.6 Å². The van der Waals surface area contributed by atoms with Gasteiger partial charge in [0.1, 0.15) is 11.6 Å². The van der Waals surface area contributed by atoms with Crippen molar-refractivity contribution in [3.63, 3.8) is 0 Å². The van der Waals surface area contributed by atoms with Crippen LogP contribution < -0.4 is 15.0 Å². The molecule has 7 nitrogen and oxygen atoms in total. The van der Waals surface area contributed by atoms with Gasteiger partial charge >= 0.3 is 6.18 Å². The molecule has 1 heterocycles. The number of benzene rings is 3. The van der Waals surface area contributed by atoms with Gasteiger partial charge in [-0.25, -0.2) is 12.8 Å². The van der Waals surface area contributed by atoms with Crippen LogP contribution in [0.3, 0.4) is 0 Å².